The number of rotatable bonds is 2. The Morgan fingerprint density at radius 1 is 1.38 bits per heavy atom. The third kappa shape index (κ3) is 3.29. The van der Waals surface area contributed by atoms with Crippen molar-refractivity contribution in [3.05, 3.63) is 23.9 Å². The van der Waals surface area contributed by atoms with Gasteiger partial charge in [0.15, 0.2) is 0 Å². The van der Waals surface area contributed by atoms with E-state index < -0.39 is 18.8 Å². The Labute approximate surface area is 71.8 Å². The second kappa shape index (κ2) is 3.61. The first-order chi connectivity index (χ1) is 6.01. The third-order valence-electron chi connectivity index (χ3n) is 1.16. The zero-order valence-electron chi connectivity index (χ0n) is 6.38. The first-order valence-electron chi connectivity index (χ1n) is 3.34. The van der Waals surface area contributed by atoms with Crippen molar-refractivity contribution in [3.63, 3.8) is 0 Å². The van der Waals surface area contributed by atoms with Crippen LogP contribution in [0.25, 0.3) is 0 Å². The molecule has 13 heavy (non-hydrogen) atoms. The summed E-state index contributed by atoms with van der Waals surface area (Å²) >= 11 is 0. The monoisotopic (exact) mass is 193 g/mol. The van der Waals surface area contributed by atoms with Gasteiger partial charge in [0.25, 0.3) is 0 Å². The number of nitrogens with zero attached hydrogens (tertiary/aromatic N) is 1. The Morgan fingerprint density at radius 3 is 2.62 bits per heavy atom. The zero-order valence-corrected chi connectivity index (χ0v) is 6.38. The molecule has 0 aliphatic heterocycles. The molecule has 6 heteroatoms. The van der Waals surface area contributed by atoms with Gasteiger partial charge in [-0.3, -0.25) is 0 Å². The molecule has 1 rings (SSSR count). The molecule has 72 valence electrons. The largest absolute Gasteiger partial charge is 0.574 e. The highest BCUT2D eigenvalue weighted by Gasteiger charge is 2.31. The third-order valence-corrected chi connectivity index (χ3v) is 1.16. The van der Waals surface area contributed by atoms with E-state index in [1.165, 1.54) is 12.1 Å². The number of hydrogen-bond acceptors (Lipinski definition) is 3. The Kier molecular flexibility index (Phi) is 2.72. The van der Waals surface area contributed by atoms with Crippen LogP contribution in [0.4, 0.5) is 13.2 Å². The van der Waals surface area contributed by atoms with Crippen molar-refractivity contribution in [1.29, 1.82) is 0 Å². The Morgan fingerprint density at radius 2 is 2.08 bits per heavy atom. The molecule has 0 bridgehead atoms. The molecule has 3 nitrogen and oxygen atoms in total. The molecular weight excluding hydrogens is 187 g/mol. The summed E-state index contributed by atoms with van der Waals surface area (Å²) in [6.07, 6.45) is -4.75. The number of hydrogen-bond donors (Lipinski definition) is 1. The van der Waals surface area contributed by atoms with Crippen LogP contribution in [0.15, 0.2) is 18.2 Å². The fraction of sp³-hybridized carbons (Fsp3) is 0.286. The predicted molar refractivity (Wildman–Crippen MR) is 36.8 cm³/mol. The minimum atomic E-state index is -4.75. The summed E-state index contributed by atoms with van der Waals surface area (Å²) in [5.41, 5.74) is 0.127. The first kappa shape index (κ1) is 9.79. The lowest BCUT2D eigenvalue weighted by molar-refractivity contribution is -0.276. The molecule has 1 aromatic rings. The molecule has 0 aromatic carbocycles. The Hall–Kier alpha value is -1.30. The number of ether oxygens (including phenoxy) is 1. The molecule has 0 saturated heterocycles. The first-order valence-corrected chi connectivity index (χ1v) is 3.34. The molecule has 0 fully saturated rings. The molecule has 1 aromatic heterocycles. The number of aliphatic hydroxyl groups is 1. The molecule has 0 aliphatic rings. The number of alkyl halides is 3. The van der Waals surface area contributed by atoms with Gasteiger partial charge >= 0.3 is 6.36 Å². The average molecular weight is 193 g/mol. The lowest BCUT2D eigenvalue weighted by atomic mass is 10.4. The van der Waals surface area contributed by atoms with Crippen LogP contribution in [0.2, 0.25) is 0 Å². The molecule has 0 unspecified atom stereocenters. The zero-order chi connectivity index (χ0) is 9.90. The van der Waals surface area contributed by atoms with Crippen molar-refractivity contribution < 1.29 is 23.0 Å². The van der Waals surface area contributed by atoms with E-state index in [-0.39, 0.29) is 5.69 Å². The van der Waals surface area contributed by atoms with Gasteiger partial charge in [0.2, 0.25) is 5.88 Å². The summed E-state index contributed by atoms with van der Waals surface area (Å²) in [7, 11) is 0. The van der Waals surface area contributed by atoms with Gasteiger partial charge in [0.1, 0.15) is 0 Å². The molecule has 0 atom stereocenters. The lowest BCUT2D eigenvalue weighted by Gasteiger charge is -2.07. The minimum absolute atomic E-state index is 0.127. The smallest absolute Gasteiger partial charge is 0.390 e. The summed E-state index contributed by atoms with van der Waals surface area (Å²) in [5, 5.41) is 8.56. The molecule has 0 amide bonds. The van der Waals surface area contributed by atoms with E-state index in [1.54, 1.807) is 0 Å². The molecular formula is C7H6F3NO2. The molecule has 0 radical (unpaired) electrons. The van der Waals surface area contributed by atoms with Crippen molar-refractivity contribution >= 4 is 0 Å². The highest BCUT2D eigenvalue weighted by atomic mass is 19.4. The van der Waals surface area contributed by atoms with Crippen molar-refractivity contribution in [2.45, 2.75) is 13.0 Å². The van der Waals surface area contributed by atoms with Crippen molar-refractivity contribution in [3.8, 4) is 5.88 Å². The maximum atomic E-state index is 11.7. The minimum Gasteiger partial charge on any atom is -0.390 e. The summed E-state index contributed by atoms with van der Waals surface area (Å²) in [6.45, 7) is -0.422. The van der Waals surface area contributed by atoms with Gasteiger partial charge in [-0.2, -0.15) is 0 Å². The molecule has 1 heterocycles. The predicted octanol–water partition coefficient (Wildman–Crippen LogP) is 1.47. The van der Waals surface area contributed by atoms with Gasteiger partial charge in [-0.1, -0.05) is 6.07 Å². The highest BCUT2D eigenvalue weighted by Crippen LogP contribution is 2.20. The summed E-state index contributed by atoms with van der Waals surface area (Å²) < 4.78 is 38.5. The van der Waals surface area contributed by atoms with E-state index in [9.17, 15) is 13.2 Å². The van der Waals surface area contributed by atoms with Crippen LogP contribution < -0.4 is 4.74 Å². The lowest BCUT2D eigenvalue weighted by Crippen LogP contribution is -2.18. The number of halogens is 3. The number of aromatic nitrogens is 1. The van der Waals surface area contributed by atoms with E-state index in [2.05, 4.69) is 9.72 Å². The van der Waals surface area contributed by atoms with E-state index in [0.717, 1.165) is 6.07 Å². The standard InChI is InChI=1S/C7H6F3NO2/c8-7(9,10)13-6-3-1-2-5(4-12)11-6/h1-3,12H,4H2. The molecule has 1 N–H and O–H groups in total. The van der Waals surface area contributed by atoms with Crippen LogP contribution in [-0.2, 0) is 6.61 Å². The molecule has 0 spiro atoms. The van der Waals surface area contributed by atoms with E-state index >= 15 is 0 Å². The van der Waals surface area contributed by atoms with E-state index in [1.807, 2.05) is 0 Å². The number of aliphatic hydroxyl groups excluding tert-OH is 1. The van der Waals surface area contributed by atoms with E-state index in [4.69, 9.17) is 5.11 Å². The van der Waals surface area contributed by atoms with Crippen LogP contribution >= 0.6 is 0 Å². The second-order valence-corrected chi connectivity index (χ2v) is 2.17. The van der Waals surface area contributed by atoms with Crippen molar-refractivity contribution in [2.75, 3.05) is 0 Å². The van der Waals surface area contributed by atoms with Crippen LogP contribution in [0.5, 0.6) is 5.88 Å². The fourth-order valence-corrected chi connectivity index (χ4v) is 0.721. The Bertz CT molecular complexity index is 287. The molecule has 0 aliphatic carbocycles. The van der Waals surface area contributed by atoms with Crippen LogP contribution in [-0.4, -0.2) is 16.5 Å². The van der Waals surface area contributed by atoms with Gasteiger partial charge in [-0.25, -0.2) is 4.98 Å². The maximum Gasteiger partial charge on any atom is 0.574 e. The molecule has 0 saturated carbocycles. The average Bonchev–Trinajstić information content (AvgIpc) is 2.01. The van der Waals surface area contributed by atoms with Crippen molar-refractivity contribution in [1.82, 2.24) is 4.98 Å². The van der Waals surface area contributed by atoms with Crippen LogP contribution in [0, 0.1) is 0 Å². The Balaban J connectivity index is 2.78. The van der Waals surface area contributed by atoms with Gasteiger partial charge in [0.05, 0.1) is 12.3 Å². The maximum absolute atomic E-state index is 11.7. The van der Waals surface area contributed by atoms with Crippen LogP contribution in [0.3, 0.4) is 0 Å². The second-order valence-electron chi connectivity index (χ2n) is 2.17. The highest BCUT2D eigenvalue weighted by molar-refractivity contribution is 5.15. The SMILES string of the molecule is OCc1cccc(OC(F)(F)F)n1. The van der Waals surface area contributed by atoms with Gasteiger partial charge in [0, 0.05) is 6.07 Å². The quantitative estimate of drug-likeness (QED) is 0.773. The normalized spacial score (nSPS) is 11.4. The summed E-state index contributed by atoms with van der Waals surface area (Å²) in [6, 6.07) is 3.77. The summed E-state index contributed by atoms with van der Waals surface area (Å²) in [4.78, 5) is 3.38. The fourth-order valence-electron chi connectivity index (χ4n) is 0.721. The van der Waals surface area contributed by atoms with Gasteiger partial charge in [-0.05, 0) is 6.07 Å². The van der Waals surface area contributed by atoms with E-state index in [0.29, 0.717) is 0 Å². The topological polar surface area (TPSA) is 42.4 Å². The van der Waals surface area contributed by atoms with Crippen LogP contribution in [0.1, 0.15) is 5.69 Å². The van der Waals surface area contributed by atoms with Gasteiger partial charge in [-0.15, -0.1) is 13.2 Å². The van der Waals surface area contributed by atoms with Crippen molar-refractivity contribution in [2.24, 2.45) is 0 Å². The van der Waals surface area contributed by atoms with Gasteiger partial charge < -0.3 is 9.84 Å². The number of pyridine rings is 1. The summed E-state index contributed by atoms with van der Waals surface area (Å²) in [5.74, 6) is -0.570.